The molecule has 0 aromatic heterocycles. The molecule has 0 spiro atoms. The number of alkyl halides is 3. The highest BCUT2D eigenvalue weighted by atomic mass is 19.4. The molecule has 0 fully saturated rings. The van der Waals surface area contributed by atoms with E-state index in [0.717, 1.165) is 17.7 Å². The predicted octanol–water partition coefficient (Wildman–Crippen LogP) is 4.73. The van der Waals surface area contributed by atoms with E-state index in [1.165, 1.54) is 6.07 Å². The maximum atomic E-state index is 12.5. The number of hydrogen-bond donors (Lipinski definition) is 0. The van der Waals surface area contributed by atoms with Crippen molar-refractivity contribution in [2.24, 2.45) is 5.11 Å². The monoisotopic (exact) mass is 255 g/mol. The third kappa shape index (κ3) is 4.14. The van der Waals surface area contributed by atoms with Gasteiger partial charge in [0.2, 0.25) is 0 Å². The zero-order chi connectivity index (χ0) is 13.6. The van der Waals surface area contributed by atoms with Crippen LogP contribution in [-0.4, -0.2) is 6.54 Å². The number of azide groups is 1. The molecule has 96 valence electrons. The fraction of sp³-hybridized carbons (Fsp3) is 0.333. The van der Waals surface area contributed by atoms with Crippen molar-refractivity contribution >= 4 is 6.08 Å². The second-order valence-corrected chi connectivity index (χ2v) is 3.71. The Bertz CT molecular complexity index is 486. The van der Waals surface area contributed by atoms with Crippen LogP contribution in [0.4, 0.5) is 13.2 Å². The standard InChI is InChI=1S/C12H12F3N3/c1-9-5-6-11(12(13,14)15)8-10(9)4-2-3-7-17-18-16/h2,4-6,8H,3,7H2,1H3. The lowest BCUT2D eigenvalue weighted by Crippen LogP contribution is -2.05. The summed E-state index contributed by atoms with van der Waals surface area (Å²) < 4.78 is 37.5. The lowest BCUT2D eigenvalue weighted by atomic mass is 10.0. The molecule has 0 N–H and O–H groups in total. The Labute approximate surface area is 103 Å². The highest BCUT2D eigenvalue weighted by molar-refractivity contribution is 5.55. The molecule has 0 bridgehead atoms. The van der Waals surface area contributed by atoms with E-state index in [2.05, 4.69) is 10.0 Å². The molecule has 3 nitrogen and oxygen atoms in total. The van der Waals surface area contributed by atoms with E-state index in [0.29, 0.717) is 18.5 Å². The minimum absolute atomic E-state index is 0.297. The zero-order valence-corrected chi connectivity index (χ0v) is 9.78. The van der Waals surface area contributed by atoms with E-state index in [1.807, 2.05) is 0 Å². The normalized spacial score (nSPS) is 11.6. The van der Waals surface area contributed by atoms with Gasteiger partial charge in [0.05, 0.1) is 5.56 Å². The Morgan fingerprint density at radius 3 is 2.72 bits per heavy atom. The van der Waals surface area contributed by atoms with Gasteiger partial charge in [-0.05, 0) is 42.1 Å². The van der Waals surface area contributed by atoms with E-state index < -0.39 is 11.7 Å². The van der Waals surface area contributed by atoms with Crippen molar-refractivity contribution in [3.05, 3.63) is 51.4 Å². The third-order valence-corrected chi connectivity index (χ3v) is 2.36. The van der Waals surface area contributed by atoms with E-state index in [-0.39, 0.29) is 0 Å². The fourth-order valence-corrected chi connectivity index (χ4v) is 1.38. The van der Waals surface area contributed by atoms with Gasteiger partial charge in [0, 0.05) is 11.5 Å². The molecule has 0 saturated heterocycles. The molecule has 0 aliphatic heterocycles. The molecule has 0 unspecified atom stereocenters. The van der Waals surface area contributed by atoms with E-state index in [1.54, 1.807) is 19.1 Å². The molecule has 0 aliphatic carbocycles. The highest BCUT2D eigenvalue weighted by Crippen LogP contribution is 2.30. The van der Waals surface area contributed by atoms with E-state index >= 15 is 0 Å². The number of benzene rings is 1. The van der Waals surface area contributed by atoms with Gasteiger partial charge in [-0.2, -0.15) is 13.2 Å². The van der Waals surface area contributed by atoms with Crippen LogP contribution in [0.5, 0.6) is 0 Å². The van der Waals surface area contributed by atoms with Gasteiger partial charge < -0.3 is 0 Å². The average Bonchev–Trinajstić information content (AvgIpc) is 2.29. The smallest absolute Gasteiger partial charge is 0.166 e. The summed E-state index contributed by atoms with van der Waals surface area (Å²) >= 11 is 0. The molecule has 18 heavy (non-hydrogen) atoms. The Morgan fingerprint density at radius 2 is 2.11 bits per heavy atom. The summed E-state index contributed by atoms with van der Waals surface area (Å²) in [5.41, 5.74) is 8.68. The van der Waals surface area contributed by atoms with Crippen molar-refractivity contribution in [2.75, 3.05) is 6.54 Å². The van der Waals surface area contributed by atoms with Crippen LogP contribution in [0, 0.1) is 6.92 Å². The third-order valence-electron chi connectivity index (χ3n) is 2.36. The van der Waals surface area contributed by atoms with Gasteiger partial charge in [-0.3, -0.25) is 0 Å². The van der Waals surface area contributed by atoms with Crippen molar-refractivity contribution in [3.8, 4) is 0 Å². The van der Waals surface area contributed by atoms with Crippen LogP contribution in [0.2, 0.25) is 0 Å². The molecule has 0 atom stereocenters. The first kappa shape index (κ1) is 14.1. The molecule has 6 heteroatoms. The van der Waals surface area contributed by atoms with Crippen LogP contribution in [0.1, 0.15) is 23.1 Å². The summed E-state index contributed by atoms with van der Waals surface area (Å²) in [7, 11) is 0. The van der Waals surface area contributed by atoms with Gasteiger partial charge in [-0.15, -0.1) is 0 Å². The fourth-order valence-electron chi connectivity index (χ4n) is 1.38. The van der Waals surface area contributed by atoms with Gasteiger partial charge in [0.15, 0.2) is 0 Å². The maximum Gasteiger partial charge on any atom is 0.416 e. The maximum absolute atomic E-state index is 12.5. The number of aryl methyl sites for hydroxylation is 1. The minimum atomic E-state index is -4.33. The SMILES string of the molecule is Cc1ccc(C(F)(F)F)cc1C=CCCN=[N+]=[N-]. The summed E-state index contributed by atoms with van der Waals surface area (Å²) in [5, 5.41) is 3.33. The number of hydrogen-bond acceptors (Lipinski definition) is 1. The van der Waals surface area contributed by atoms with Crippen LogP contribution in [0.25, 0.3) is 16.5 Å². The summed E-state index contributed by atoms with van der Waals surface area (Å²) in [6.07, 6.45) is -0.532. The largest absolute Gasteiger partial charge is 0.416 e. The molecule has 1 aromatic carbocycles. The molecule has 1 aromatic rings. The summed E-state index contributed by atoms with van der Waals surface area (Å²) in [6, 6.07) is 3.61. The molecule has 0 saturated carbocycles. The van der Waals surface area contributed by atoms with Crippen molar-refractivity contribution in [2.45, 2.75) is 19.5 Å². The van der Waals surface area contributed by atoms with Gasteiger partial charge >= 0.3 is 6.18 Å². The Balaban J connectivity index is 2.84. The Hall–Kier alpha value is -1.94. The topological polar surface area (TPSA) is 48.8 Å². The highest BCUT2D eigenvalue weighted by Gasteiger charge is 2.30. The molecule has 0 aliphatic rings. The number of halogens is 3. The second kappa shape index (κ2) is 6.12. The van der Waals surface area contributed by atoms with E-state index in [9.17, 15) is 13.2 Å². The van der Waals surface area contributed by atoms with Crippen LogP contribution >= 0.6 is 0 Å². The summed E-state index contributed by atoms with van der Waals surface area (Å²) in [5.74, 6) is 0. The number of nitrogens with zero attached hydrogens (tertiary/aromatic N) is 3. The zero-order valence-electron chi connectivity index (χ0n) is 9.78. The number of rotatable bonds is 4. The average molecular weight is 255 g/mol. The van der Waals surface area contributed by atoms with Gasteiger partial charge in [0.1, 0.15) is 0 Å². The quantitative estimate of drug-likeness (QED) is 0.323. The van der Waals surface area contributed by atoms with Crippen molar-refractivity contribution in [1.82, 2.24) is 0 Å². The van der Waals surface area contributed by atoms with Gasteiger partial charge in [-0.25, -0.2) is 0 Å². The molecule has 0 amide bonds. The molecular weight excluding hydrogens is 243 g/mol. The van der Waals surface area contributed by atoms with Crippen LogP contribution in [-0.2, 0) is 6.18 Å². The first-order valence-corrected chi connectivity index (χ1v) is 5.30. The van der Waals surface area contributed by atoms with E-state index in [4.69, 9.17) is 5.53 Å². The van der Waals surface area contributed by atoms with Gasteiger partial charge in [0.25, 0.3) is 0 Å². The Kier molecular flexibility index (Phi) is 4.80. The molecule has 0 radical (unpaired) electrons. The van der Waals surface area contributed by atoms with Crippen LogP contribution < -0.4 is 0 Å². The van der Waals surface area contributed by atoms with Crippen LogP contribution in [0.15, 0.2) is 29.4 Å². The van der Waals surface area contributed by atoms with Crippen LogP contribution in [0.3, 0.4) is 0 Å². The summed E-state index contributed by atoms with van der Waals surface area (Å²) in [6.45, 7) is 2.04. The molecular formula is C12H12F3N3. The van der Waals surface area contributed by atoms with Crippen molar-refractivity contribution in [3.63, 3.8) is 0 Å². The van der Waals surface area contributed by atoms with Crippen molar-refractivity contribution in [1.29, 1.82) is 0 Å². The molecule has 1 rings (SSSR count). The predicted molar refractivity (Wildman–Crippen MR) is 63.8 cm³/mol. The minimum Gasteiger partial charge on any atom is -0.166 e. The molecule has 0 heterocycles. The Morgan fingerprint density at radius 1 is 1.39 bits per heavy atom. The lowest BCUT2D eigenvalue weighted by Gasteiger charge is -2.09. The second-order valence-electron chi connectivity index (χ2n) is 3.71. The van der Waals surface area contributed by atoms with Crippen molar-refractivity contribution < 1.29 is 13.2 Å². The first-order valence-electron chi connectivity index (χ1n) is 5.30. The van der Waals surface area contributed by atoms with Gasteiger partial charge in [-0.1, -0.05) is 23.3 Å². The summed E-state index contributed by atoms with van der Waals surface area (Å²) in [4.78, 5) is 2.59. The lowest BCUT2D eigenvalue weighted by molar-refractivity contribution is -0.137. The first-order chi connectivity index (χ1) is 8.45.